The van der Waals surface area contributed by atoms with E-state index in [2.05, 4.69) is 52.0 Å². The van der Waals surface area contributed by atoms with Gasteiger partial charge < -0.3 is 20.1 Å². The van der Waals surface area contributed by atoms with Crippen LogP contribution < -0.4 is 15.4 Å². The van der Waals surface area contributed by atoms with Gasteiger partial charge in [-0.15, -0.1) is 0 Å². The van der Waals surface area contributed by atoms with Crippen LogP contribution in [0.4, 0.5) is 0 Å². The minimum Gasteiger partial charge on any atom is -0.497 e. The predicted octanol–water partition coefficient (Wildman–Crippen LogP) is 3.05. The molecule has 0 heterocycles. The lowest BCUT2D eigenvalue weighted by molar-refractivity contribution is 0.135. The van der Waals surface area contributed by atoms with E-state index in [1.807, 2.05) is 18.2 Å². The van der Waals surface area contributed by atoms with E-state index in [9.17, 15) is 0 Å². The quantitative estimate of drug-likeness (QED) is 0.363. The highest BCUT2D eigenvalue weighted by atomic mass is 16.5. The van der Waals surface area contributed by atoms with Crippen LogP contribution in [0.5, 0.6) is 5.75 Å². The van der Waals surface area contributed by atoms with Crippen LogP contribution in [0, 0.1) is 0 Å². The standard InChI is InChI=1S/C22H31N3O2/c1-23-22(25-16-13-20-9-11-21(26-2)12-10-20)24-15-6-17-27-18-14-19-7-4-3-5-8-19/h3-5,7-12H,6,13-18H2,1-2H3,(H2,23,24,25). The Labute approximate surface area is 162 Å². The van der Waals surface area contributed by atoms with Crippen molar-refractivity contribution in [1.82, 2.24) is 10.6 Å². The van der Waals surface area contributed by atoms with E-state index in [0.717, 1.165) is 57.3 Å². The molecule has 5 nitrogen and oxygen atoms in total. The second kappa shape index (κ2) is 12.8. The Morgan fingerprint density at radius 3 is 2.26 bits per heavy atom. The Morgan fingerprint density at radius 1 is 0.852 bits per heavy atom. The van der Waals surface area contributed by atoms with E-state index in [1.54, 1.807) is 14.2 Å². The Hall–Kier alpha value is -2.53. The number of nitrogens with one attached hydrogen (secondary N) is 2. The van der Waals surface area contributed by atoms with Crippen LogP contribution in [0.15, 0.2) is 59.6 Å². The molecule has 0 fully saturated rings. The van der Waals surface area contributed by atoms with Gasteiger partial charge in [0, 0.05) is 26.7 Å². The lowest BCUT2D eigenvalue weighted by Gasteiger charge is -2.12. The van der Waals surface area contributed by atoms with Crippen LogP contribution in [0.3, 0.4) is 0 Å². The van der Waals surface area contributed by atoms with Gasteiger partial charge in [0.2, 0.25) is 0 Å². The molecule has 5 heteroatoms. The number of aliphatic imine (C=N–C) groups is 1. The molecule has 2 aromatic rings. The normalized spacial score (nSPS) is 11.3. The summed E-state index contributed by atoms with van der Waals surface area (Å²) in [5.74, 6) is 1.71. The number of benzene rings is 2. The lowest BCUT2D eigenvalue weighted by atomic mass is 10.1. The molecule has 0 aliphatic rings. The first-order chi connectivity index (χ1) is 13.3. The van der Waals surface area contributed by atoms with E-state index in [0.29, 0.717) is 0 Å². The highest BCUT2D eigenvalue weighted by Gasteiger charge is 1.99. The molecule has 0 aromatic heterocycles. The third-order valence-corrected chi connectivity index (χ3v) is 4.22. The molecule has 0 aliphatic carbocycles. The number of methoxy groups -OCH3 is 1. The van der Waals surface area contributed by atoms with Crippen LogP contribution in [-0.4, -0.2) is 46.4 Å². The number of ether oxygens (including phenoxy) is 2. The SMILES string of the molecule is CN=C(NCCCOCCc1ccccc1)NCCc1ccc(OC)cc1. The van der Waals surface area contributed by atoms with Gasteiger partial charge in [-0.05, 0) is 42.5 Å². The zero-order valence-electron chi connectivity index (χ0n) is 16.4. The molecule has 2 N–H and O–H groups in total. The second-order valence-electron chi connectivity index (χ2n) is 6.23. The predicted molar refractivity (Wildman–Crippen MR) is 112 cm³/mol. The van der Waals surface area contributed by atoms with E-state index in [1.165, 1.54) is 11.1 Å². The molecule has 0 spiro atoms. The molecule has 0 bridgehead atoms. The molecular weight excluding hydrogens is 338 g/mol. The largest absolute Gasteiger partial charge is 0.497 e. The van der Waals surface area contributed by atoms with Crippen molar-refractivity contribution in [3.63, 3.8) is 0 Å². The molecule has 0 unspecified atom stereocenters. The Kier molecular flexibility index (Phi) is 9.82. The van der Waals surface area contributed by atoms with Gasteiger partial charge in [-0.1, -0.05) is 42.5 Å². The third-order valence-electron chi connectivity index (χ3n) is 4.22. The molecule has 0 saturated carbocycles. The maximum absolute atomic E-state index is 5.70. The maximum Gasteiger partial charge on any atom is 0.190 e. The summed E-state index contributed by atoms with van der Waals surface area (Å²) in [6, 6.07) is 18.6. The Morgan fingerprint density at radius 2 is 1.56 bits per heavy atom. The van der Waals surface area contributed by atoms with Crippen molar-refractivity contribution in [2.75, 3.05) is 40.5 Å². The van der Waals surface area contributed by atoms with Crippen molar-refractivity contribution in [3.05, 3.63) is 65.7 Å². The molecule has 0 saturated heterocycles. The summed E-state index contributed by atoms with van der Waals surface area (Å²) in [5.41, 5.74) is 2.59. The summed E-state index contributed by atoms with van der Waals surface area (Å²) in [5, 5.41) is 6.66. The molecular formula is C22H31N3O2. The smallest absolute Gasteiger partial charge is 0.190 e. The van der Waals surface area contributed by atoms with Gasteiger partial charge in [0.25, 0.3) is 0 Å². The first kappa shape index (κ1) is 20.8. The van der Waals surface area contributed by atoms with E-state index in [-0.39, 0.29) is 0 Å². The molecule has 0 radical (unpaired) electrons. The van der Waals surface area contributed by atoms with Crippen molar-refractivity contribution in [1.29, 1.82) is 0 Å². The molecule has 0 amide bonds. The van der Waals surface area contributed by atoms with Crippen LogP contribution in [0.25, 0.3) is 0 Å². The summed E-state index contributed by atoms with van der Waals surface area (Å²) in [7, 11) is 3.47. The van der Waals surface area contributed by atoms with Gasteiger partial charge in [-0.25, -0.2) is 0 Å². The number of hydrogen-bond donors (Lipinski definition) is 2. The lowest BCUT2D eigenvalue weighted by Crippen LogP contribution is -2.39. The van der Waals surface area contributed by atoms with E-state index < -0.39 is 0 Å². The summed E-state index contributed by atoms with van der Waals surface area (Å²) >= 11 is 0. The molecule has 0 atom stereocenters. The number of guanidine groups is 1. The van der Waals surface area contributed by atoms with Gasteiger partial charge in [-0.2, -0.15) is 0 Å². The van der Waals surface area contributed by atoms with Crippen molar-refractivity contribution in [2.24, 2.45) is 4.99 Å². The van der Waals surface area contributed by atoms with Gasteiger partial charge in [0.15, 0.2) is 5.96 Å². The summed E-state index contributed by atoms with van der Waals surface area (Å²) in [6.07, 6.45) is 2.85. The zero-order valence-corrected chi connectivity index (χ0v) is 16.4. The van der Waals surface area contributed by atoms with Crippen molar-refractivity contribution < 1.29 is 9.47 Å². The minimum atomic E-state index is 0.753. The molecule has 27 heavy (non-hydrogen) atoms. The number of nitrogens with zero attached hydrogens (tertiary/aromatic N) is 1. The zero-order chi connectivity index (χ0) is 19.2. The first-order valence-corrected chi connectivity index (χ1v) is 9.51. The Balaban J connectivity index is 1.51. The topological polar surface area (TPSA) is 54.9 Å². The molecule has 0 aliphatic heterocycles. The monoisotopic (exact) mass is 369 g/mol. The highest BCUT2D eigenvalue weighted by molar-refractivity contribution is 5.79. The fourth-order valence-corrected chi connectivity index (χ4v) is 2.66. The molecule has 146 valence electrons. The third kappa shape index (κ3) is 8.60. The van der Waals surface area contributed by atoms with E-state index >= 15 is 0 Å². The highest BCUT2D eigenvalue weighted by Crippen LogP contribution is 2.11. The maximum atomic E-state index is 5.70. The van der Waals surface area contributed by atoms with Crippen molar-refractivity contribution in [3.8, 4) is 5.75 Å². The fraction of sp³-hybridized carbons (Fsp3) is 0.409. The van der Waals surface area contributed by atoms with Crippen molar-refractivity contribution >= 4 is 5.96 Å². The number of hydrogen-bond acceptors (Lipinski definition) is 3. The Bertz CT molecular complexity index is 657. The minimum absolute atomic E-state index is 0.753. The fourth-order valence-electron chi connectivity index (χ4n) is 2.66. The summed E-state index contributed by atoms with van der Waals surface area (Å²) in [4.78, 5) is 4.25. The van der Waals surface area contributed by atoms with Gasteiger partial charge >= 0.3 is 0 Å². The van der Waals surface area contributed by atoms with Crippen LogP contribution in [0.1, 0.15) is 17.5 Å². The summed E-state index contributed by atoms with van der Waals surface area (Å²) in [6.45, 7) is 3.19. The van der Waals surface area contributed by atoms with E-state index in [4.69, 9.17) is 9.47 Å². The average molecular weight is 370 g/mol. The number of rotatable bonds is 11. The molecule has 2 aromatic carbocycles. The van der Waals surface area contributed by atoms with Crippen LogP contribution >= 0.6 is 0 Å². The first-order valence-electron chi connectivity index (χ1n) is 9.51. The van der Waals surface area contributed by atoms with Crippen LogP contribution in [0.2, 0.25) is 0 Å². The van der Waals surface area contributed by atoms with Crippen molar-refractivity contribution in [2.45, 2.75) is 19.3 Å². The van der Waals surface area contributed by atoms with Gasteiger partial charge in [0.05, 0.1) is 13.7 Å². The van der Waals surface area contributed by atoms with Gasteiger partial charge in [0.1, 0.15) is 5.75 Å². The molecule has 2 rings (SSSR count). The van der Waals surface area contributed by atoms with Crippen LogP contribution in [-0.2, 0) is 17.6 Å². The summed E-state index contributed by atoms with van der Waals surface area (Å²) < 4.78 is 10.9. The van der Waals surface area contributed by atoms with Gasteiger partial charge in [-0.3, -0.25) is 4.99 Å². The average Bonchev–Trinajstić information content (AvgIpc) is 2.73. The second-order valence-corrected chi connectivity index (χ2v) is 6.23.